The minimum atomic E-state index is 0.0897. The Morgan fingerprint density at radius 1 is 0.483 bits per heavy atom. The summed E-state index contributed by atoms with van der Waals surface area (Å²) in [6.45, 7) is 2.17. The fraction of sp³-hybridized carbons (Fsp3) is 0.0377. The van der Waals surface area contributed by atoms with Crippen molar-refractivity contribution < 1.29 is 4.42 Å². The van der Waals surface area contributed by atoms with Gasteiger partial charge in [0.1, 0.15) is 11.3 Å². The Morgan fingerprint density at radius 3 is 1.88 bits per heavy atom. The zero-order valence-electron chi connectivity index (χ0n) is 31.5. The predicted octanol–water partition coefficient (Wildman–Crippen LogP) is 14.6. The molecule has 0 saturated carbocycles. The number of rotatable bonds is 4. The number of thiophene rings is 1. The maximum absolute atomic E-state index is 6.51. The number of furan rings is 1. The molecule has 0 bridgehead atoms. The van der Waals surface area contributed by atoms with Crippen molar-refractivity contribution in [3.8, 4) is 33.9 Å². The smallest absolute Gasteiger partial charge is 0.164 e. The van der Waals surface area contributed by atoms with Crippen LogP contribution in [-0.4, -0.2) is 15.0 Å². The molecule has 11 aromatic rings. The third-order valence-corrected chi connectivity index (χ3v) is 12.8. The molecule has 5 heteroatoms. The molecule has 3 aromatic heterocycles. The lowest BCUT2D eigenvalue weighted by Crippen LogP contribution is -2.04. The molecule has 0 saturated heterocycles. The number of fused-ring (bicyclic) bond motifs is 12. The standard InChI is InChI=1S/C53H33N3OS/c1-31-13-11-21-42(49-40-20-9-10-23-45(40)57-50(31)49)53-55-51(32-14-3-2-4-15-32)54-52(56-53)41-22-12-24-47-48(41)44-30-34(26-28-46(44)58-47)33-25-27-39-37-18-6-5-16-35(37)36-17-7-8-19-38(36)43(39)29-33/h2-31H,1H3/t31-/m1/s1. The molecule has 0 aliphatic heterocycles. The molecular formula is C53H33N3OS. The van der Waals surface area contributed by atoms with E-state index in [2.05, 4.69) is 153 Å². The molecule has 1 aliphatic carbocycles. The van der Waals surface area contributed by atoms with Crippen LogP contribution in [0, 0.1) is 0 Å². The van der Waals surface area contributed by atoms with Gasteiger partial charge in [0.15, 0.2) is 17.5 Å². The van der Waals surface area contributed by atoms with Gasteiger partial charge in [-0.1, -0.05) is 153 Å². The minimum absolute atomic E-state index is 0.0897. The van der Waals surface area contributed by atoms with Crippen molar-refractivity contribution in [3.05, 3.63) is 193 Å². The van der Waals surface area contributed by atoms with Crippen LogP contribution < -0.4 is 0 Å². The number of benzene rings is 8. The van der Waals surface area contributed by atoms with Gasteiger partial charge in [-0.2, -0.15) is 0 Å². The second kappa shape index (κ2) is 12.9. The molecule has 58 heavy (non-hydrogen) atoms. The van der Waals surface area contributed by atoms with Crippen LogP contribution in [0.5, 0.6) is 0 Å². The number of hydrogen-bond acceptors (Lipinski definition) is 5. The average Bonchev–Trinajstić information content (AvgIpc) is 3.82. The molecule has 1 atom stereocenters. The molecule has 272 valence electrons. The van der Waals surface area contributed by atoms with Gasteiger partial charge in [0.25, 0.3) is 0 Å². The minimum Gasteiger partial charge on any atom is -0.460 e. The Balaban J connectivity index is 1.07. The van der Waals surface area contributed by atoms with Crippen molar-refractivity contribution in [2.45, 2.75) is 12.8 Å². The maximum Gasteiger partial charge on any atom is 0.164 e. The van der Waals surface area contributed by atoms with E-state index in [-0.39, 0.29) is 5.92 Å². The SMILES string of the molecule is C[C@@H]1C=CC=C(c2nc(-c3ccccc3)nc(-c3cccc4sc5ccc(-c6ccc7c8ccccc8c8ccccc8c7c6)cc5c34)n2)c2c1oc1ccccc21. The summed E-state index contributed by atoms with van der Waals surface area (Å²) in [6.07, 6.45) is 6.40. The molecule has 4 nitrogen and oxygen atoms in total. The monoisotopic (exact) mass is 759 g/mol. The summed E-state index contributed by atoms with van der Waals surface area (Å²) < 4.78 is 8.92. The Hall–Kier alpha value is -7.21. The molecule has 0 fully saturated rings. The van der Waals surface area contributed by atoms with Crippen LogP contribution in [-0.2, 0) is 0 Å². The second-order valence-corrected chi connectivity index (χ2v) is 16.2. The van der Waals surface area contributed by atoms with E-state index in [1.165, 1.54) is 58.2 Å². The van der Waals surface area contributed by atoms with Crippen molar-refractivity contribution in [1.82, 2.24) is 15.0 Å². The summed E-state index contributed by atoms with van der Waals surface area (Å²) in [7, 11) is 0. The molecule has 1 aliphatic rings. The van der Waals surface area contributed by atoms with Crippen LogP contribution in [0.1, 0.15) is 30.0 Å². The van der Waals surface area contributed by atoms with Crippen LogP contribution in [0.3, 0.4) is 0 Å². The zero-order valence-corrected chi connectivity index (χ0v) is 32.3. The van der Waals surface area contributed by atoms with E-state index in [4.69, 9.17) is 19.4 Å². The first-order chi connectivity index (χ1) is 28.7. The lowest BCUT2D eigenvalue weighted by molar-refractivity contribution is 0.536. The third-order valence-electron chi connectivity index (χ3n) is 11.7. The summed E-state index contributed by atoms with van der Waals surface area (Å²) in [5.74, 6) is 2.89. The molecule has 12 rings (SSSR count). The lowest BCUT2D eigenvalue weighted by atomic mass is 9.92. The fourth-order valence-electron chi connectivity index (χ4n) is 8.95. The average molecular weight is 760 g/mol. The van der Waals surface area contributed by atoms with Gasteiger partial charge in [-0.15, -0.1) is 11.3 Å². The number of allylic oxidation sites excluding steroid dienone is 3. The number of hydrogen-bond donors (Lipinski definition) is 0. The van der Waals surface area contributed by atoms with Gasteiger partial charge >= 0.3 is 0 Å². The van der Waals surface area contributed by atoms with Crippen LogP contribution in [0.15, 0.2) is 180 Å². The van der Waals surface area contributed by atoms with E-state index >= 15 is 0 Å². The predicted molar refractivity (Wildman–Crippen MR) is 242 cm³/mol. The van der Waals surface area contributed by atoms with Gasteiger partial charge in [-0.05, 0) is 73.8 Å². The van der Waals surface area contributed by atoms with Gasteiger partial charge < -0.3 is 4.42 Å². The topological polar surface area (TPSA) is 51.8 Å². The van der Waals surface area contributed by atoms with Gasteiger partial charge in [-0.3, -0.25) is 0 Å². The molecule has 0 amide bonds. The summed E-state index contributed by atoms with van der Waals surface area (Å²) in [5.41, 5.74) is 7.08. The van der Waals surface area contributed by atoms with Crippen LogP contribution in [0.4, 0.5) is 0 Å². The zero-order chi connectivity index (χ0) is 38.3. The van der Waals surface area contributed by atoms with Crippen molar-refractivity contribution in [2.75, 3.05) is 0 Å². The normalized spacial score (nSPS) is 14.2. The van der Waals surface area contributed by atoms with E-state index in [0.29, 0.717) is 17.5 Å². The molecule has 0 N–H and O–H groups in total. The van der Waals surface area contributed by atoms with Crippen molar-refractivity contribution >= 4 is 80.4 Å². The van der Waals surface area contributed by atoms with Crippen molar-refractivity contribution in [1.29, 1.82) is 0 Å². The van der Waals surface area contributed by atoms with Crippen molar-refractivity contribution in [2.24, 2.45) is 0 Å². The fourth-order valence-corrected chi connectivity index (χ4v) is 10.1. The highest BCUT2D eigenvalue weighted by atomic mass is 32.1. The molecule has 3 heterocycles. The first-order valence-corrected chi connectivity index (χ1v) is 20.5. The van der Waals surface area contributed by atoms with E-state index in [9.17, 15) is 0 Å². The summed E-state index contributed by atoms with van der Waals surface area (Å²) in [4.78, 5) is 15.8. The highest BCUT2D eigenvalue weighted by molar-refractivity contribution is 7.26. The molecule has 8 aromatic carbocycles. The summed E-state index contributed by atoms with van der Waals surface area (Å²) in [5, 5.41) is 11.0. The number of nitrogens with zero attached hydrogens (tertiary/aromatic N) is 3. The first kappa shape index (κ1) is 33.0. The molecule has 0 radical (unpaired) electrons. The Morgan fingerprint density at radius 2 is 1.10 bits per heavy atom. The number of aromatic nitrogens is 3. The summed E-state index contributed by atoms with van der Waals surface area (Å²) in [6, 6.07) is 56.3. The van der Waals surface area contributed by atoms with Gasteiger partial charge in [-0.25, -0.2) is 15.0 Å². The number of para-hydroxylation sites is 1. The van der Waals surface area contributed by atoms with E-state index in [1.807, 2.05) is 30.3 Å². The van der Waals surface area contributed by atoms with Crippen LogP contribution in [0.25, 0.3) is 103 Å². The van der Waals surface area contributed by atoms with Gasteiger partial charge in [0.05, 0.1) is 0 Å². The van der Waals surface area contributed by atoms with Crippen LogP contribution in [0.2, 0.25) is 0 Å². The van der Waals surface area contributed by atoms with Gasteiger partial charge in [0, 0.05) is 53.7 Å². The van der Waals surface area contributed by atoms with E-state index in [1.54, 1.807) is 11.3 Å². The van der Waals surface area contributed by atoms with E-state index < -0.39 is 0 Å². The molecule has 0 unspecified atom stereocenters. The van der Waals surface area contributed by atoms with Crippen LogP contribution >= 0.6 is 11.3 Å². The Labute approximate surface area is 338 Å². The maximum atomic E-state index is 6.51. The highest BCUT2D eigenvalue weighted by Crippen LogP contribution is 2.44. The molecular weight excluding hydrogens is 727 g/mol. The largest absolute Gasteiger partial charge is 0.460 e. The Bertz CT molecular complexity index is 3500. The van der Waals surface area contributed by atoms with Crippen molar-refractivity contribution in [3.63, 3.8) is 0 Å². The Kier molecular flexibility index (Phi) is 7.34. The van der Waals surface area contributed by atoms with E-state index in [0.717, 1.165) is 44.4 Å². The quantitative estimate of drug-likeness (QED) is 0.168. The first-order valence-electron chi connectivity index (χ1n) is 19.7. The van der Waals surface area contributed by atoms with Gasteiger partial charge in [0.2, 0.25) is 0 Å². The third kappa shape index (κ3) is 5.10. The highest BCUT2D eigenvalue weighted by Gasteiger charge is 2.26. The second-order valence-electron chi connectivity index (χ2n) is 15.1. The lowest BCUT2D eigenvalue weighted by Gasteiger charge is -2.13. The molecule has 0 spiro atoms. The summed E-state index contributed by atoms with van der Waals surface area (Å²) >= 11 is 1.81.